The Morgan fingerprint density at radius 3 is 2.15 bits per heavy atom. The Morgan fingerprint density at radius 2 is 1.75 bits per heavy atom. The molecule has 0 spiro atoms. The standard InChI is InChI=1S/C16H22BrNO2/c1-10(2)15(20)18(11(3)19)14-8-7-12(17)9-13(14)16(4,5)6/h7-10H,1-6H3. The third-order valence-electron chi connectivity index (χ3n) is 3.04. The number of hydrogen-bond donors (Lipinski definition) is 0. The summed E-state index contributed by atoms with van der Waals surface area (Å²) in [6, 6.07) is 5.65. The molecule has 0 saturated carbocycles. The molecule has 0 atom stereocenters. The minimum Gasteiger partial charge on any atom is -0.274 e. The fourth-order valence-corrected chi connectivity index (χ4v) is 2.37. The van der Waals surface area contributed by atoms with Crippen molar-refractivity contribution in [3.8, 4) is 0 Å². The average molecular weight is 340 g/mol. The number of hydrogen-bond acceptors (Lipinski definition) is 2. The van der Waals surface area contributed by atoms with Gasteiger partial charge in [-0.25, -0.2) is 0 Å². The average Bonchev–Trinajstić information content (AvgIpc) is 2.29. The van der Waals surface area contributed by atoms with Gasteiger partial charge in [0.2, 0.25) is 11.8 Å². The van der Waals surface area contributed by atoms with Gasteiger partial charge in [0, 0.05) is 17.3 Å². The van der Waals surface area contributed by atoms with Crippen molar-refractivity contribution in [3.63, 3.8) is 0 Å². The molecule has 20 heavy (non-hydrogen) atoms. The Hall–Kier alpha value is -1.16. The van der Waals surface area contributed by atoms with Crippen LogP contribution in [0.25, 0.3) is 0 Å². The lowest BCUT2D eigenvalue weighted by atomic mass is 9.85. The van der Waals surface area contributed by atoms with E-state index in [9.17, 15) is 9.59 Å². The van der Waals surface area contributed by atoms with Crippen molar-refractivity contribution in [1.82, 2.24) is 0 Å². The molecule has 1 rings (SSSR count). The Bertz CT molecular complexity index is 530. The normalized spacial score (nSPS) is 11.6. The molecule has 0 aliphatic rings. The summed E-state index contributed by atoms with van der Waals surface area (Å²) in [5, 5.41) is 0. The van der Waals surface area contributed by atoms with Gasteiger partial charge in [-0.1, -0.05) is 50.5 Å². The first-order valence-electron chi connectivity index (χ1n) is 6.70. The SMILES string of the molecule is CC(=O)N(C(=O)C(C)C)c1ccc(Br)cc1C(C)(C)C. The van der Waals surface area contributed by atoms with Crippen LogP contribution in [0.3, 0.4) is 0 Å². The zero-order valence-corrected chi connectivity index (χ0v) is 14.5. The van der Waals surface area contributed by atoms with Gasteiger partial charge >= 0.3 is 0 Å². The number of amides is 2. The van der Waals surface area contributed by atoms with Gasteiger partial charge in [0.1, 0.15) is 0 Å². The van der Waals surface area contributed by atoms with E-state index in [0.29, 0.717) is 5.69 Å². The second-order valence-corrected chi connectivity index (χ2v) is 7.17. The minimum atomic E-state index is -0.253. The number of imide groups is 1. The van der Waals surface area contributed by atoms with Gasteiger partial charge in [0.15, 0.2) is 0 Å². The Labute approximate surface area is 129 Å². The van der Waals surface area contributed by atoms with Crippen LogP contribution in [0.4, 0.5) is 5.69 Å². The number of carbonyl (C=O) groups excluding carboxylic acids is 2. The third-order valence-corrected chi connectivity index (χ3v) is 3.53. The summed E-state index contributed by atoms with van der Waals surface area (Å²) in [5.74, 6) is -0.655. The number of benzene rings is 1. The predicted octanol–water partition coefficient (Wildman–Crippen LogP) is 4.28. The second kappa shape index (κ2) is 6.08. The molecule has 2 amide bonds. The van der Waals surface area contributed by atoms with Gasteiger partial charge in [0.25, 0.3) is 0 Å². The Morgan fingerprint density at radius 1 is 1.20 bits per heavy atom. The summed E-state index contributed by atoms with van der Waals surface area (Å²) in [6.45, 7) is 11.2. The fourth-order valence-electron chi connectivity index (χ4n) is 2.01. The molecule has 0 radical (unpaired) electrons. The van der Waals surface area contributed by atoms with Crippen molar-refractivity contribution in [3.05, 3.63) is 28.2 Å². The van der Waals surface area contributed by atoms with E-state index in [1.807, 2.05) is 18.2 Å². The summed E-state index contributed by atoms with van der Waals surface area (Å²) in [6.07, 6.45) is 0. The minimum absolute atomic E-state index is 0.163. The number of rotatable bonds is 2. The first kappa shape index (κ1) is 16.9. The maximum absolute atomic E-state index is 12.3. The summed E-state index contributed by atoms with van der Waals surface area (Å²) in [5.41, 5.74) is 1.48. The zero-order chi connectivity index (χ0) is 15.7. The van der Waals surface area contributed by atoms with Crippen molar-refractivity contribution in [2.75, 3.05) is 4.90 Å². The topological polar surface area (TPSA) is 37.4 Å². The summed E-state index contributed by atoms with van der Waals surface area (Å²) in [4.78, 5) is 25.6. The first-order chi connectivity index (χ1) is 9.05. The van der Waals surface area contributed by atoms with Crippen molar-refractivity contribution in [1.29, 1.82) is 0 Å². The predicted molar refractivity (Wildman–Crippen MR) is 85.8 cm³/mol. The monoisotopic (exact) mass is 339 g/mol. The number of halogens is 1. The third kappa shape index (κ3) is 3.69. The highest BCUT2D eigenvalue weighted by Gasteiger charge is 2.28. The van der Waals surface area contributed by atoms with E-state index in [-0.39, 0.29) is 23.1 Å². The molecule has 3 nitrogen and oxygen atoms in total. The smallest absolute Gasteiger partial charge is 0.236 e. The molecular weight excluding hydrogens is 318 g/mol. The van der Waals surface area contributed by atoms with E-state index in [2.05, 4.69) is 36.7 Å². The molecule has 110 valence electrons. The molecule has 1 aromatic carbocycles. The molecular formula is C16H22BrNO2. The Balaban J connectivity index is 3.49. The Kier molecular flexibility index (Phi) is 5.14. The van der Waals surface area contributed by atoms with Crippen LogP contribution in [0.1, 0.15) is 47.1 Å². The molecule has 0 N–H and O–H groups in total. The molecule has 0 aromatic heterocycles. The van der Waals surface area contributed by atoms with Crippen LogP contribution in [0.2, 0.25) is 0 Å². The quantitative estimate of drug-likeness (QED) is 0.806. The molecule has 0 aliphatic heterocycles. The van der Waals surface area contributed by atoms with Crippen LogP contribution >= 0.6 is 15.9 Å². The largest absolute Gasteiger partial charge is 0.274 e. The maximum Gasteiger partial charge on any atom is 0.236 e. The molecule has 0 bridgehead atoms. The van der Waals surface area contributed by atoms with E-state index in [4.69, 9.17) is 0 Å². The molecule has 1 aromatic rings. The molecule has 0 saturated heterocycles. The van der Waals surface area contributed by atoms with Gasteiger partial charge < -0.3 is 0 Å². The van der Waals surface area contributed by atoms with Gasteiger partial charge in [-0.3, -0.25) is 14.5 Å². The van der Waals surface area contributed by atoms with Crippen LogP contribution in [0.5, 0.6) is 0 Å². The second-order valence-electron chi connectivity index (χ2n) is 6.26. The first-order valence-corrected chi connectivity index (χ1v) is 7.49. The molecule has 4 heteroatoms. The van der Waals surface area contributed by atoms with Crippen molar-refractivity contribution < 1.29 is 9.59 Å². The molecule has 0 aliphatic carbocycles. The molecule has 0 heterocycles. The highest BCUT2D eigenvalue weighted by molar-refractivity contribution is 9.10. The lowest BCUT2D eigenvalue weighted by molar-refractivity contribution is -0.127. The van der Waals surface area contributed by atoms with E-state index >= 15 is 0 Å². The van der Waals surface area contributed by atoms with Crippen molar-refractivity contribution in [2.45, 2.75) is 47.0 Å². The van der Waals surface area contributed by atoms with Gasteiger partial charge in [-0.15, -0.1) is 0 Å². The highest BCUT2D eigenvalue weighted by atomic mass is 79.9. The lowest BCUT2D eigenvalue weighted by Gasteiger charge is -2.29. The summed E-state index contributed by atoms with van der Waals surface area (Å²) >= 11 is 3.45. The maximum atomic E-state index is 12.3. The van der Waals surface area contributed by atoms with Crippen LogP contribution in [0.15, 0.2) is 22.7 Å². The fraction of sp³-hybridized carbons (Fsp3) is 0.500. The van der Waals surface area contributed by atoms with E-state index in [1.54, 1.807) is 13.8 Å². The summed E-state index contributed by atoms with van der Waals surface area (Å²) < 4.78 is 0.937. The molecule has 0 fully saturated rings. The number of carbonyl (C=O) groups is 2. The van der Waals surface area contributed by atoms with Crippen LogP contribution in [-0.2, 0) is 15.0 Å². The highest BCUT2D eigenvalue weighted by Crippen LogP contribution is 2.35. The van der Waals surface area contributed by atoms with Gasteiger partial charge in [0.05, 0.1) is 5.69 Å². The van der Waals surface area contributed by atoms with Crippen molar-refractivity contribution >= 4 is 33.4 Å². The van der Waals surface area contributed by atoms with Crippen LogP contribution in [-0.4, -0.2) is 11.8 Å². The van der Waals surface area contributed by atoms with E-state index < -0.39 is 0 Å². The van der Waals surface area contributed by atoms with E-state index in [1.165, 1.54) is 11.8 Å². The van der Waals surface area contributed by atoms with Gasteiger partial charge in [-0.05, 0) is 29.2 Å². The van der Waals surface area contributed by atoms with Crippen LogP contribution in [0, 0.1) is 5.92 Å². The summed E-state index contributed by atoms with van der Waals surface area (Å²) in [7, 11) is 0. The van der Waals surface area contributed by atoms with Gasteiger partial charge in [-0.2, -0.15) is 0 Å². The number of anilines is 1. The van der Waals surface area contributed by atoms with E-state index in [0.717, 1.165) is 10.0 Å². The van der Waals surface area contributed by atoms with Crippen molar-refractivity contribution in [2.24, 2.45) is 5.92 Å². The van der Waals surface area contributed by atoms with Crippen LogP contribution < -0.4 is 4.90 Å². The lowest BCUT2D eigenvalue weighted by Crippen LogP contribution is -2.39. The molecule has 0 unspecified atom stereocenters. The number of nitrogens with zero attached hydrogens (tertiary/aromatic N) is 1. The zero-order valence-electron chi connectivity index (χ0n) is 13.0.